The van der Waals surface area contributed by atoms with Gasteiger partial charge in [-0.15, -0.1) is 0 Å². The second-order valence-corrected chi connectivity index (χ2v) is 5.83. The third-order valence-corrected chi connectivity index (χ3v) is 3.51. The molecule has 7 heteroatoms. The van der Waals surface area contributed by atoms with Gasteiger partial charge in [-0.1, -0.05) is 39.1 Å². The molecule has 104 valence electrons. The molecule has 0 bridgehead atoms. The van der Waals surface area contributed by atoms with Gasteiger partial charge in [0.1, 0.15) is 0 Å². The maximum absolute atomic E-state index is 11.0. The van der Waals surface area contributed by atoms with Crippen molar-refractivity contribution < 1.29 is 4.92 Å². The highest BCUT2D eigenvalue weighted by Crippen LogP contribution is 2.26. The van der Waals surface area contributed by atoms with E-state index in [-0.39, 0.29) is 5.69 Å². The number of nitro benzene ring substituents is 1. The molecule has 2 rings (SSSR count). The topological polar surface area (TPSA) is 55.2 Å². The lowest BCUT2D eigenvalue weighted by Crippen LogP contribution is -2.03. The van der Waals surface area contributed by atoms with E-state index >= 15 is 0 Å². The Morgan fingerprint density at radius 1 is 1.15 bits per heavy atom. The van der Waals surface area contributed by atoms with Crippen LogP contribution in [0, 0.1) is 10.1 Å². The number of rotatable bonds is 4. The van der Waals surface area contributed by atoms with Crippen LogP contribution in [0.15, 0.2) is 40.9 Å². The van der Waals surface area contributed by atoms with E-state index in [1.54, 1.807) is 30.3 Å². The number of hydrogen-bond donors (Lipinski definition) is 1. The van der Waals surface area contributed by atoms with Crippen LogP contribution in [0.5, 0.6) is 0 Å². The Hall–Kier alpha value is -1.30. The van der Waals surface area contributed by atoms with Gasteiger partial charge >= 0.3 is 0 Å². The van der Waals surface area contributed by atoms with E-state index in [2.05, 4.69) is 21.2 Å². The second-order valence-electron chi connectivity index (χ2n) is 4.04. The predicted octanol–water partition coefficient (Wildman–Crippen LogP) is 5.28. The molecule has 0 amide bonds. The molecule has 0 heterocycles. The molecule has 0 radical (unpaired) electrons. The molecule has 0 fully saturated rings. The first-order valence-electron chi connectivity index (χ1n) is 5.58. The largest absolute Gasteiger partial charge is 0.381 e. The van der Waals surface area contributed by atoms with Crippen molar-refractivity contribution in [3.05, 3.63) is 66.6 Å². The summed E-state index contributed by atoms with van der Waals surface area (Å²) in [5.41, 5.74) is 1.34. The lowest BCUT2D eigenvalue weighted by atomic mass is 10.2. The Kier molecular flexibility index (Phi) is 4.86. The lowest BCUT2D eigenvalue weighted by Gasteiger charge is -2.08. The molecule has 0 spiro atoms. The summed E-state index contributed by atoms with van der Waals surface area (Å²) in [6.45, 7) is 0.298. The van der Waals surface area contributed by atoms with Crippen LogP contribution >= 0.6 is 39.1 Å². The van der Waals surface area contributed by atoms with Gasteiger partial charge in [0.15, 0.2) is 0 Å². The standard InChI is InChI=1S/C13H9BrCl2N2O2/c14-9-1-2-13(18(19)20)8(3-9)7-17-12-5-10(15)4-11(16)6-12/h1-6,17H,7H2. The Balaban J connectivity index is 2.22. The maximum atomic E-state index is 11.0. The fourth-order valence-corrected chi connectivity index (χ4v) is 2.66. The zero-order chi connectivity index (χ0) is 14.7. The van der Waals surface area contributed by atoms with Crippen LogP contribution in [0.25, 0.3) is 0 Å². The van der Waals surface area contributed by atoms with E-state index in [0.29, 0.717) is 27.8 Å². The summed E-state index contributed by atoms with van der Waals surface area (Å²) in [7, 11) is 0. The van der Waals surface area contributed by atoms with E-state index in [1.165, 1.54) is 6.07 Å². The second kappa shape index (κ2) is 6.43. The fourth-order valence-electron chi connectivity index (χ4n) is 1.73. The summed E-state index contributed by atoms with van der Waals surface area (Å²) in [4.78, 5) is 10.6. The molecule has 4 nitrogen and oxygen atoms in total. The van der Waals surface area contributed by atoms with E-state index in [1.807, 2.05) is 0 Å². The highest BCUT2D eigenvalue weighted by atomic mass is 79.9. The highest BCUT2D eigenvalue weighted by molar-refractivity contribution is 9.10. The van der Waals surface area contributed by atoms with Crippen LogP contribution in [-0.2, 0) is 6.54 Å². The van der Waals surface area contributed by atoms with Gasteiger partial charge in [0.05, 0.1) is 4.92 Å². The average Bonchev–Trinajstić information content (AvgIpc) is 2.35. The number of nitrogens with one attached hydrogen (secondary N) is 1. The molecule has 1 N–H and O–H groups in total. The van der Waals surface area contributed by atoms with Crippen LogP contribution in [0.2, 0.25) is 10.0 Å². The van der Waals surface area contributed by atoms with Crippen molar-refractivity contribution in [2.75, 3.05) is 5.32 Å². The number of anilines is 1. The van der Waals surface area contributed by atoms with Gasteiger partial charge in [-0.25, -0.2) is 0 Å². The van der Waals surface area contributed by atoms with Crippen molar-refractivity contribution in [3.63, 3.8) is 0 Å². The van der Waals surface area contributed by atoms with Crippen LogP contribution in [0.1, 0.15) is 5.56 Å². The zero-order valence-electron chi connectivity index (χ0n) is 10.1. The number of benzene rings is 2. The molecule has 0 saturated heterocycles. The number of halogens is 3. The van der Waals surface area contributed by atoms with Gasteiger partial charge in [-0.2, -0.15) is 0 Å². The highest BCUT2D eigenvalue weighted by Gasteiger charge is 2.13. The minimum absolute atomic E-state index is 0.0637. The first-order chi connectivity index (χ1) is 9.45. The van der Waals surface area contributed by atoms with Crippen LogP contribution in [0.3, 0.4) is 0 Å². The molecular weight excluding hydrogens is 367 g/mol. The molecular formula is C13H9BrCl2N2O2. The summed E-state index contributed by atoms with van der Waals surface area (Å²) in [6.07, 6.45) is 0. The van der Waals surface area contributed by atoms with E-state index in [4.69, 9.17) is 23.2 Å². The molecule has 2 aromatic carbocycles. The van der Waals surface area contributed by atoms with Gasteiger partial charge in [-0.05, 0) is 30.3 Å². The fraction of sp³-hybridized carbons (Fsp3) is 0.0769. The summed E-state index contributed by atoms with van der Waals surface area (Å²) in [5, 5.41) is 15.1. The van der Waals surface area contributed by atoms with Crippen LogP contribution in [-0.4, -0.2) is 4.92 Å². The van der Waals surface area contributed by atoms with Crippen molar-refractivity contribution >= 4 is 50.5 Å². The Bertz CT molecular complexity index is 645. The summed E-state index contributed by atoms with van der Waals surface area (Å²) in [6, 6.07) is 9.84. The molecule has 0 aromatic heterocycles. The van der Waals surface area contributed by atoms with E-state index < -0.39 is 4.92 Å². The van der Waals surface area contributed by atoms with E-state index in [9.17, 15) is 10.1 Å². The molecule has 0 aliphatic heterocycles. The number of nitrogens with zero attached hydrogens (tertiary/aromatic N) is 1. The van der Waals surface area contributed by atoms with Gasteiger partial charge in [-0.3, -0.25) is 10.1 Å². The summed E-state index contributed by atoms with van der Waals surface area (Å²) in [5.74, 6) is 0. The van der Waals surface area contributed by atoms with E-state index in [0.717, 1.165) is 4.47 Å². The van der Waals surface area contributed by atoms with Gasteiger partial charge in [0.25, 0.3) is 5.69 Å². The van der Waals surface area contributed by atoms with Gasteiger partial charge in [0.2, 0.25) is 0 Å². The molecule has 0 saturated carbocycles. The molecule has 0 aliphatic carbocycles. The minimum atomic E-state index is -0.408. The minimum Gasteiger partial charge on any atom is -0.381 e. The Labute approximate surface area is 134 Å². The SMILES string of the molecule is O=[N+]([O-])c1ccc(Br)cc1CNc1cc(Cl)cc(Cl)c1. The van der Waals surface area contributed by atoms with Gasteiger partial charge < -0.3 is 5.32 Å². The third-order valence-electron chi connectivity index (χ3n) is 2.58. The lowest BCUT2D eigenvalue weighted by molar-refractivity contribution is -0.385. The molecule has 2 aromatic rings. The van der Waals surface area contributed by atoms with Crippen molar-refractivity contribution in [2.24, 2.45) is 0 Å². The Morgan fingerprint density at radius 2 is 1.80 bits per heavy atom. The zero-order valence-corrected chi connectivity index (χ0v) is 13.2. The molecule has 0 atom stereocenters. The summed E-state index contributed by atoms with van der Waals surface area (Å²) >= 11 is 15.1. The first kappa shape index (κ1) is 15.1. The monoisotopic (exact) mass is 374 g/mol. The quantitative estimate of drug-likeness (QED) is 0.584. The van der Waals surface area contributed by atoms with Crippen molar-refractivity contribution in [3.8, 4) is 0 Å². The third kappa shape index (κ3) is 3.85. The van der Waals surface area contributed by atoms with Crippen molar-refractivity contribution in [1.82, 2.24) is 0 Å². The van der Waals surface area contributed by atoms with Crippen LogP contribution < -0.4 is 5.32 Å². The smallest absolute Gasteiger partial charge is 0.274 e. The maximum Gasteiger partial charge on any atom is 0.274 e. The van der Waals surface area contributed by atoms with Gasteiger partial charge in [0, 0.05) is 38.4 Å². The molecule has 20 heavy (non-hydrogen) atoms. The first-order valence-corrected chi connectivity index (χ1v) is 7.13. The van der Waals surface area contributed by atoms with Crippen molar-refractivity contribution in [1.29, 1.82) is 0 Å². The predicted molar refractivity (Wildman–Crippen MR) is 84.6 cm³/mol. The average molecular weight is 376 g/mol. The molecule has 0 aliphatic rings. The Morgan fingerprint density at radius 3 is 2.40 bits per heavy atom. The normalized spacial score (nSPS) is 10.3. The number of hydrogen-bond acceptors (Lipinski definition) is 3. The summed E-state index contributed by atoms with van der Waals surface area (Å²) < 4.78 is 0.782. The number of nitro groups is 1. The van der Waals surface area contributed by atoms with Crippen LogP contribution in [0.4, 0.5) is 11.4 Å². The molecule has 0 unspecified atom stereocenters. The van der Waals surface area contributed by atoms with Crippen molar-refractivity contribution in [2.45, 2.75) is 6.54 Å².